The van der Waals surface area contributed by atoms with Gasteiger partial charge in [-0.05, 0) is 18.3 Å². The molecular formula is C13H24N2O4. The van der Waals surface area contributed by atoms with Crippen molar-refractivity contribution in [2.45, 2.75) is 45.6 Å². The lowest BCUT2D eigenvalue weighted by atomic mass is 9.78. The number of amides is 2. The van der Waals surface area contributed by atoms with E-state index in [1.807, 2.05) is 0 Å². The molecule has 0 aromatic rings. The largest absolute Gasteiger partial charge is 0.480 e. The molecule has 110 valence electrons. The Morgan fingerprint density at radius 2 is 1.95 bits per heavy atom. The van der Waals surface area contributed by atoms with Gasteiger partial charge in [0, 0.05) is 26.1 Å². The fraction of sp³-hybridized carbons (Fsp3) is 0.846. The Kier molecular flexibility index (Phi) is 5.60. The fourth-order valence-corrected chi connectivity index (χ4v) is 2.23. The lowest BCUT2D eigenvalue weighted by Crippen LogP contribution is -2.51. The molecule has 1 aliphatic rings. The summed E-state index contributed by atoms with van der Waals surface area (Å²) >= 11 is 0. The Morgan fingerprint density at radius 3 is 2.37 bits per heavy atom. The van der Waals surface area contributed by atoms with Gasteiger partial charge in [0.15, 0.2) is 0 Å². The summed E-state index contributed by atoms with van der Waals surface area (Å²) in [6, 6.07) is -1.36. The third-order valence-electron chi connectivity index (χ3n) is 4.12. The molecule has 1 heterocycles. The van der Waals surface area contributed by atoms with Crippen molar-refractivity contribution in [1.29, 1.82) is 0 Å². The molecule has 3 N–H and O–H groups in total. The van der Waals surface area contributed by atoms with E-state index in [0.717, 1.165) is 19.3 Å². The molecule has 1 rings (SSSR count). The highest BCUT2D eigenvalue weighted by Crippen LogP contribution is 2.33. The van der Waals surface area contributed by atoms with Gasteiger partial charge < -0.3 is 20.4 Å². The topological polar surface area (TPSA) is 89.9 Å². The number of aliphatic hydroxyl groups excluding tert-OH is 1. The van der Waals surface area contributed by atoms with E-state index in [0.29, 0.717) is 13.1 Å². The SMILES string of the molecule is CCC1(C)CCN(C(=O)NC(CCO)C(=O)O)CC1. The summed E-state index contributed by atoms with van der Waals surface area (Å²) in [4.78, 5) is 24.5. The van der Waals surface area contributed by atoms with Crippen molar-refractivity contribution in [1.82, 2.24) is 10.2 Å². The Bertz CT molecular complexity index is 325. The summed E-state index contributed by atoms with van der Waals surface area (Å²) in [6.45, 7) is 5.42. The van der Waals surface area contributed by atoms with Gasteiger partial charge in [0.2, 0.25) is 0 Å². The molecule has 19 heavy (non-hydrogen) atoms. The van der Waals surface area contributed by atoms with Crippen LogP contribution in [0.4, 0.5) is 4.79 Å². The van der Waals surface area contributed by atoms with E-state index < -0.39 is 12.0 Å². The molecule has 0 bridgehead atoms. The number of carboxylic acid groups (broad SMARTS) is 1. The van der Waals surface area contributed by atoms with Crippen molar-refractivity contribution in [3.8, 4) is 0 Å². The van der Waals surface area contributed by atoms with Crippen LogP contribution in [0.3, 0.4) is 0 Å². The number of rotatable bonds is 5. The molecule has 0 spiro atoms. The molecule has 6 nitrogen and oxygen atoms in total. The van der Waals surface area contributed by atoms with Gasteiger partial charge in [-0.1, -0.05) is 20.3 Å². The van der Waals surface area contributed by atoms with Crippen LogP contribution in [0.15, 0.2) is 0 Å². The second-order valence-electron chi connectivity index (χ2n) is 5.50. The number of carboxylic acids is 1. The van der Waals surface area contributed by atoms with E-state index in [9.17, 15) is 9.59 Å². The number of carbonyl (C=O) groups is 2. The van der Waals surface area contributed by atoms with Crippen LogP contribution < -0.4 is 5.32 Å². The normalized spacial score (nSPS) is 19.8. The van der Waals surface area contributed by atoms with E-state index in [1.165, 1.54) is 0 Å². The zero-order chi connectivity index (χ0) is 14.5. The molecule has 0 saturated carbocycles. The van der Waals surface area contributed by atoms with Crippen LogP contribution in [0.25, 0.3) is 0 Å². The summed E-state index contributed by atoms with van der Waals surface area (Å²) in [5.74, 6) is -1.11. The molecule has 0 radical (unpaired) electrons. The summed E-state index contributed by atoms with van der Waals surface area (Å²) in [5.41, 5.74) is 0.286. The first-order valence-electron chi connectivity index (χ1n) is 6.81. The van der Waals surface area contributed by atoms with Gasteiger partial charge in [0.1, 0.15) is 6.04 Å². The van der Waals surface area contributed by atoms with E-state index in [-0.39, 0.29) is 24.5 Å². The lowest BCUT2D eigenvalue weighted by molar-refractivity contribution is -0.139. The first-order chi connectivity index (χ1) is 8.91. The average molecular weight is 272 g/mol. The van der Waals surface area contributed by atoms with Crippen LogP contribution in [0.2, 0.25) is 0 Å². The number of carbonyl (C=O) groups excluding carboxylic acids is 1. The predicted molar refractivity (Wildman–Crippen MR) is 70.9 cm³/mol. The molecule has 1 unspecified atom stereocenters. The van der Waals surface area contributed by atoms with E-state index in [1.54, 1.807) is 4.90 Å². The molecular weight excluding hydrogens is 248 g/mol. The number of nitrogens with zero attached hydrogens (tertiary/aromatic N) is 1. The first-order valence-corrected chi connectivity index (χ1v) is 6.81. The van der Waals surface area contributed by atoms with Crippen molar-refractivity contribution in [3.05, 3.63) is 0 Å². The van der Waals surface area contributed by atoms with Gasteiger partial charge in [-0.15, -0.1) is 0 Å². The molecule has 0 aromatic carbocycles. The summed E-state index contributed by atoms with van der Waals surface area (Å²) in [5, 5.41) is 20.2. The van der Waals surface area contributed by atoms with Crippen LogP contribution in [0, 0.1) is 5.41 Å². The average Bonchev–Trinajstić information content (AvgIpc) is 2.38. The highest BCUT2D eigenvalue weighted by atomic mass is 16.4. The number of likely N-dealkylation sites (tertiary alicyclic amines) is 1. The van der Waals surface area contributed by atoms with Gasteiger partial charge in [0.25, 0.3) is 0 Å². The monoisotopic (exact) mass is 272 g/mol. The van der Waals surface area contributed by atoms with Gasteiger partial charge >= 0.3 is 12.0 Å². The molecule has 6 heteroatoms. The van der Waals surface area contributed by atoms with Crippen molar-refractivity contribution >= 4 is 12.0 Å². The standard InChI is InChI=1S/C13H24N2O4/c1-3-13(2)5-7-15(8-6-13)12(19)14-10(4-9-16)11(17)18/h10,16H,3-9H2,1-2H3,(H,14,19)(H,17,18). The van der Waals surface area contributed by atoms with Crippen LogP contribution in [-0.4, -0.2) is 52.9 Å². The maximum atomic E-state index is 12.0. The maximum absolute atomic E-state index is 12.0. The van der Waals surface area contributed by atoms with Gasteiger partial charge in [-0.2, -0.15) is 0 Å². The van der Waals surface area contributed by atoms with Crippen LogP contribution in [0.5, 0.6) is 0 Å². The number of piperidine rings is 1. The minimum atomic E-state index is -1.11. The van der Waals surface area contributed by atoms with Crippen LogP contribution >= 0.6 is 0 Å². The Hall–Kier alpha value is -1.30. The van der Waals surface area contributed by atoms with Crippen molar-refractivity contribution < 1.29 is 19.8 Å². The Labute approximate surface area is 113 Å². The summed E-state index contributed by atoms with van der Waals surface area (Å²) in [7, 11) is 0. The summed E-state index contributed by atoms with van der Waals surface area (Å²) < 4.78 is 0. The fourth-order valence-electron chi connectivity index (χ4n) is 2.23. The molecule has 1 atom stereocenters. The Balaban J connectivity index is 2.49. The van der Waals surface area contributed by atoms with Crippen molar-refractivity contribution in [2.24, 2.45) is 5.41 Å². The summed E-state index contributed by atoms with van der Waals surface area (Å²) in [6.07, 6.45) is 3.00. The first kappa shape index (κ1) is 15.8. The maximum Gasteiger partial charge on any atom is 0.326 e. The second kappa shape index (κ2) is 6.75. The lowest BCUT2D eigenvalue weighted by Gasteiger charge is -2.39. The quantitative estimate of drug-likeness (QED) is 0.697. The minimum Gasteiger partial charge on any atom is -0.480 e. The number of urea groups is 1. The number of aliphatic hydroxyl groups is 1. The van der Waals surface area contributed by atoms with Gasteiger partial charge in [-0.25, -0.2) is 9.59 Å². The van der Waals surface area contributed by atoms with Crippen LogP contribution in [-0.2, 0) is 4.79 Å². The molecule has 2 amide bonds. The van der Waals surface area contributed by atoms with Gasteiger partial charge in [0.05, 0.1) is 0 Å². The smallest absolute Gasteiger partial charge is 0.326 e. The van der Waals surface area contributed by atoms with Crippen molar-refractivity contribution in [3.63, 3.8) is 0 Å². The third-order valence-corrected chi connectivity index (χ3v) is 4.12. The molecule has 1 fully saturated rings. The number of nitrogens with one attached hydrogen (secondary N) is 1. The number of hydrogen-bond donors (Lipinski definition) is 3. The number of aliphatic carboxylic acids is 1. The van der Waals surface area contributed by atoms with E-state index in [2.05, 4.69) is 19.2 Å². The molecule has 0 aliphatic carbocycles. The molecule has 1 saturated heterocycles. The van der Waals surface area contributed by atoms with E-state index >= 15 is 0 Å². The van der Waals surface area contributed by atoms with Crippen molar-refractivity contribution in [2.75, 3.05) is 19.7 Å². The highest BCUT2D eigenvalue weighted by Gasteiger charge is 2.31. The molecule has 0 aromatic heterocycles. The highest BCUT2D eigenvalue weighted by molar-refractivity contribution is 5.82. The molecule has 1 aliphatic heterocycles. The zero-order valence-corrected chi connectivity index (χ0v) is 11.7. The minimum absolute atomic E-state index is 0.0294. The predicted octanol–water partition coefficient (Wildman–Crippen LogP) is 1.04. The number of hydrogen-bond acceptors (Lipinski definition) is 3. The Morgan fingerprint density at radius 1 is 1.37 bits per heavy atom. The third kappa shape index (κ3) is 4.38. The van der Waals surface area contributed by atoms with Crippen LogP contribution in [0.1, 0.15) is 39.5 Å². The van der Waals surface area contributed by atoms with E-state index in [4.69, 9.17) is 10.2 Å². The van der Waals surface area contributed by atoms with Gasteiger partial charge in [-0.3, -0.25) is 0 Å². The second-order valence-corrected chi connectivity index (χ2v) is 5.50. The zero-order valence-electron chi connectivity index (χ0n) is 11.7.